The van der Waals surface area contributed by atoms with Crippen LogP contribution >= 0.6 is 0 Å². The molecule has 116 valence electrons. The number of hydrogen-bond acceptors (Lipinski definition) is 5. The molecule has 0 saturated heterocycles. The number of Topliss-reactive ketones (excluding diaryl/α,β-unsaturated/α-hetero) is 1. The molecule has 0 N–H and O–H groups in total. The maximum Gasteiger partial charge on any atom is 0.534 e. The number of carbonyl (C=O) groups excluding carboxylic acids is 1. The summed E-state index contributed by atoms with van der Waals surface area (Å²) in [6.45, 7) is 3.36. The van der Waals surface area contributed by atoms with Crippen LogP contribution in [0.3, 0.4) is 0 Å². The molecule has 0 spiro atoms. The minimum absolute atomic E-state index is 0.00537. The van der Waals surface area contributed by atoms with E-state index in [1.807, 2.05) is 0 Å². The van der Waals surface area contributed by atoms with E-state index in [9.17, 15) is 26.4 Å². The number of hydrogen-bond donors (Lipinski definition) is 0. The van der Waals surface area contributed by atoms with Crippen LogP contribution in [0.1, 0.15) is 24.2 Å². The molecule has 0 unspecified atom stereocenters. The molecule has 0 aliphatic carbocycles. The molecular formula is C12H11F3O5S. The SMILES string of the molecule is CC1(C)COc2cc(OS(=O)(=O)C(F)(F)F)ccc2C1=O. The zero-order chi connectivity index (χ0) is 16.1. The molecule has 0 amide bonds. The Morgan fingerprint density at radius 2 is 1.90 bits per heavy atom. The first-order valence-electron chi connectivity index (χ1n) is 5.76. The first kappa shape index (κ1) is 15.6. The van der Waals surface area contributed by atoms with Crippen molar-refractivity contribution in [2.75, 3.05) is 6.61 Å². The lowest BCUT2D eigenvalue weighted by molar-refractivity contribution is -0.0500. The maximum atomic E-state index is 12.2. The average Bonchev–Trinajstić information content (AvgIpc) is 2.32. The molecule has 0 fully saturated rings. The van der Waals surface area contributed by atoms with Gasteiger partial charge in [-0.1, -0.05) is 0 Å². The van der Waals surface area contributed by atoms with Gasteiger partial charge in [-0.3, -0.25) is 4.79 Å². The van der Waals surface area contributed by atoms with Crippen molar-refractivity contribution in [3.63, 3.8) is 0 Å². The van der Waals surface area contributed by atoms with Crippen molar-refractivity contribution in [2.24, 2.45) is 5.41 Å². The summed E-state index contributed by atoms with van der Waals surface area (Å²) in [5, 5.41) is 0. The van der Waals surface area contributed by atoms with Gasteiger partial charge >= 0.3 is 15.6 Å². The molecule has 1 aromatic carbocycles. The Bertz CT molecular complexity index is 691. The van der Waals surface area contributed by atoms with Crippen molar-refractivity contribution < 1.29 is 35.3 Å². The topological polar surface area (TPSA) is 69.7 Å². The first-order chi connectivity index (χ1) is 9.44. The monoisotopic (exact) mass is 324 g/mol. The summed E-state index contributed by atoms with van der Waals surface area (Å²) in [5.41, 5.74) is -6.11. The first-order valence-corrected chi connectivity index (χ1v) is 7.17. The average molecular weight is 324 g/mol. The molecule has 21 heavy (non-hydrogen) atoms. The summed E-state index contributed by atoms with van der Waals surface area (Å²) in [6, 6.07) is 3.11. The molecule has 1 aliphatic heterocycles. The normalized spacial score (nSPS) is 17.9. The van der Waals surface area contributed by atoms with Crippen LogP contribution in [0.2, 0.25) is 0 Å². The summed E-state index contributed by atoms with van der Waals surface area (Å²) in [5.74, 6) is -0.818. The Balaban J connectivity index is 2.35. The van der Waals surface area contributed by atoms with E-state index in [4.69, 9.17) is 4.74 Å². The number of ether oxygens (including phenoxy) is 1. The highest BCUT2D eigenvalue weighted by molar-refractivity contribution is 7.88. The predicted octanol–water partition coefficient (Wildman–Crippen LogP) is 2.52. The number of rotatable bonds is 2. The number of halogens is 3. The van der Waals surface area contributed by atoms with Crippen LogP contribution in [0.25, 0.3) is 0 Å². The van der Waals surface area contributed by atoms with Crippen molar-refractivity contribution in [3.8, 4) is 11.5 Å². The molecule has 1 aliphatic rings. The Kier molecular flexibility index (Phi) is 3.43. The van der Waals surface area contributed by atoms with E-state index in [2.05, 4.69) is 4.18 Å². The number of fused-ring (bicyclic) bond motifs is 1. The van der Waals surface area contributed by atoms with Gasteiger partial charge in [0.05, 0.1) is 11.0 Å². The highest BCUT2D eigenvalue weighted by Crippen LogP contribution is 2.37. The summed E-state index contributed by atoms with van der Waals surface area (Å²) in [7, 11) is -5.75. The van der Waals surface area contributed by atoms with Gasteiger partial charge in [0.2, 0.25) is 0 Å². The van der Waals surface area contributed by atoms with Gasteiger partial charge in [-0.2, -0.15) is 21.6 Å². The van der Waals surface area contributed by atoms with Gasteiger partial charge in [-0.05, 0) is 26.0 Å². The van der Waals surface area contributed by atoms with E-state index in [0.717, 1.165) is 12.1 Å². The Hall–Kier alpha value is -1.77. The third-order valence-corrected chi connectivity index (χ3v) is 3.87. The number of benzene rings is 1. The maximum absolute atomic E-state index is 12.2. The van der Waals surface area contributed by atoms with Crippen LogP contribution in [-0.2, 0) is 10.1 Å². The number of carbonyl (C=O) groups is 1. The van der Waals surface area contributed by atoms with Crippen molar-refractivity contribution in [3.05, 3.63) is 23.8 Å². The Morgan fingerprint density at radius 1 is 1.29 bits per heavy atom. The molecule has 0 bridgehead atoms. The van der Waals surface area contributed by atoms with Gasteiger partial charge in [0.25, 0.3) is 0 Å². The molecule has 0 atom stereocenters. The third kappa shape index (κ3) is 2.82. The second-order valence-electron chi connectivity index (χ2n) is 5.14. The predicted molar refractivity (Wildman–Crippen MR) is 65.7 cm³/mol. The van der Waals surface area contributed by atoms with Crippen LogP contribution in [-0.4, -0.2) is 26.3 Å². The highest BCUT2D eigenvalue weighted by atomic mass is 32.2. The minimum Gasteiger partial charge on any atom is -0.492 e. The zero-order valence-corrected chi connectivity index (χ0v) is 11.8. The lowest BCUT2D eigenvalue weighted by Gasteiger charge is -2.29. The minimum atomic E-state index is -5.75. The van der Waals surface area contributed by atoms with E-state index in [1.165, 1.54) is 6.07 Å². The second-order valence-corrected chi connectivity index (χ2v) is 6.68. The van der Waals surface area contributed by atoms with Gasteiger partial charge in [0, 0.05) is 6.07 Å². The standard InChI is InChI=1S/C12H11F3O5S/c1-11(2)6-19-9-5-7(3-4-8(9)10(11)16)20-21(17,18)12(13,14)15/h3-5H,6H2,1-2H3. The second kappa shape index (κ2) is 4.62. The number of alkyl halides is 3. The largest absolute Gasteiger partial charge is 0.534 e. The molecule has 0 saturated carbocycles. The summed E-state index contributed by atoms with van der Waals surface area (Å²) < 4.78 is 67.7. The third-order valence-electron chi connectivity index (χ3n) is 2.89. The van der Waals surface area contributed by atoms with Gasteiger partial charge in [0.1, 0.15) is 18.1 Å². The quantitative estimate of drug-likeness (QED) is 0.617. The molecular weight excluding hydrogens is 313 g/mol. The van der Waals surface area contributed by atoms with Crippen LogP contribution in [0.4, 0.5) is 13.2 Å². The lowest BCUT2D eigenvalue weighted by Crippen LogP contribution is -2.35. The smallest absolute Gasteiger partial charge is 0.492 e. The molecule has 2 rings (SSSR count). The van der Waals surface area contributed by atoms with Gasteiger partial charge in [-0.15, -0.1) is 0 Å². The van der Waals surface area contributed by atoms with Crippen molar-refractivity contribution in [1.29, 1.82) is 0 Å². The summed E-state index contributed by atoms with van der Waals surface area (Å²) in [6.07, 6.45) is 0. The van der Waals surface area contributed by atoms with Crippen molar-refractivity contribution in [2.45, 2.75) is 19.4 Å². The van der Waals surface area contributed by atoms with Gasteiger partial charge in [-0.25, -0.2) is 0 Å². The van der Waals surface area contributed by atoms with E-state index in [1.54, 1.807) is 13.8 Å². The fraction of sp³-hybridized carbons (Fsp3) is 0.417. The van der Waals surface area contributed by atoms with E-state index in [-0.39, 0.29) is 23.7 Å². The van der Waals surface area contributed by atoms with E-state index in [0.29, 0.717) is 0 Å². The highest BCUT2D eigenvalue weighted by Gasteiger charge is 2.48. The molecule has 5 nitrogen and oxygen atoms in total. The fourth-order valence-corrected chi connectivity index (χ4v) is 2.18. The van der Waals surface area contributed by atoms with Gasteiger partial charge < -0.3 is 8.92 Å². The molecule has 0 radical (unpaired) electrons. The van der Waals surface area contributed by atoms with Crippen LogP contribution < -0.4 is 8.92 Å². The van der Waals surface area contributed by atoms with Crippen LogP contribution in [0.15, 0.2) is 18.2 Å². The van der Waals surface area contributed by atoms with Crippen molar-refractivity contribution in [1.82, 2.24) is 0 Å². The Morgan fingerprint density at radius 3 is 2.48 bits per heavy atom. The molecule has 1 aromatic rings. The summed E-state index contributed by atoms with van der Waals surface area (Å²) in [4.78, 5) is 12.1. The molecule has 0 aromatic heterocycles. The zero-order valence-electron chi connectivity index (χ0n) is 11.0. The molecule has 9 heteroatoms. The van der Waals surface area contributed by atoms with Gasteiger partial charge in [0.15, 0.2) is 5.78 Å². The van der Waals surface area contributed by atoms with Crippen LogP contribution in [0.5, 0.6) is 11.5 Å². The van der Waals surface area contributed by atoms with Crippen molar-refractivity contribution >= 4 is 15.9 Å². The van der Waals surface area contributed by atoms with E-state index < -0.39 is 26.8 Å². The molecule has 1 heterocycles. The number of ketones is 1. The van der Waals surface area contributed by atoms with E-state index >= 15 is 0 Å². The van der Waals surface area contributed by atoms with Crippen LogP contribution in [0, 0.1) is 5.41 Å². The lowest BCUT2D eigenvalue weighted by atomic mass is 9.83. The fourth-order valence-electron chi connectivity index (χ4n) is 1.72. The Labute approximate surface area is 118 Å². The summed E-state index contributed by atoms with van der Waals surface area (Å²) >= 11 is 0.